The Kier molecular flexibility index (Phi) is 7.44. The minimum Gasteiger partial charge on any atom is -0.347 e. The van der Waals surface area contributed by atoms with Crippen LogP contribution in [-0.2, 0) is 4.79 Å². The van der Waals surface area contributed by atoms with Crippen LogP contribution in [0.5, 0.6) is 0 Å². The SMILES string of the molecule is CC(C)CC(NC1CCCCCCC1)C(=O)N(C)C. The van der Waals surface area contributed by atoms with Crippen molar-refractivity contribution >= 4 is 5.91 Å². The van der Waals surface area contributed by atoms with Crippen LogP contribution in [0.2, 0.25) is 0 Å². The van der Waals surface area contributed by atoms with E-state index < -0.39 is 0 Å². The van der Waals surface area contributed by atoms with E-state index in [-0.39, 0.29) is 11.9 Å². The molecule has 3 nitrogen and oxygen atoms in total. The number of likely N-dealkylation sites (N-methyl/N-ethyl adjacent to an activating group) is 1. The third kappa shape index (κ3) is 6.42. The number of nitrogens with zero attached hydrogens (tertiary/aromatic N) is 1. The van der Waals surface area contributed by atoms with Gasteiger partial charge in [0.1, 0.15) is 0 Å². The Balaban J connectivity index is 2.56. The first-order valence-corrected chi connectivity index (χ1v) is 7.98. The number of amides is 1. The van der Waals surface area contributed by atoms with E-state index in [2.05, 4.69) is 19.2 Å². The number of hydrogen-bond acceptors (Lipinski definition) is 2. The van der Waals surface area contributed by atoms with Gasteiger partial charge in [0.25, 0.3) is 0 Å². The van der Waals surface area contributed by atoms with Gasteiger partial charge < -0.3 is 10.2 Å². The molecule has 1 amide bonds. The van der Waals surface area contributed by atoms with Gasteiger partial charge in [0.15, 0.2) is 0 Å². The maximum Gasteiger partial charge on any atom is 0.239 e. The van der Waals surface area contributed by atoms with Crippen LogP contribution in [0.4, 0.5) is 0 Å². The summed E-state index contributed by atoms with van der Waals surface area (Å²) in [6.07, 6.45) is 10.1. The van der Waals surface area contributed by atoms with Crippen LogP contribution in [0.15, 0.2) is 0 Å². The standard InChI is InChI=1S/C16H32N2O/c1-13(2)12-15(16(19)18(3)4)17-14-10-8-6-5-7-9-11-14/h13-15,17H,5-12H2,1-4H3. The zero-order chi connectivity index (χ0) is 14.3. The van der Waals surface area contributed by atoms with E-state index in [1.54, 1.807) is 4.90 Å². The number of carbonyl (C=O) groups is 1. The van der Waals surface area contributed by atoms with Crippen molar-refractivity contribution in [2.75, 3.05) is 14.1 Å². The zero-order valence-corrected chi connectivity index (χ0v) is 13.2. The summed E-state index contributed by atoms with van der Waals surface area (Å²) in [6, 6.07) is 0.535. The summed E-state index contributed by atoms with van der Waals surface area (Å²) in [6.45, 7) is 4.38. The highest BCUT2D eigenvalue weighted by molar-refractivity contribution is 5.81. The quantitative estimate of drug-likeness (QED) is 0.830. The van der Waals surface area contributed by atoms with Crippen LogP contribution in [0, 0.1) is 5.92 Å². The second kappa shape index (κ2) is 8.57. The number of carbonyl (C=O) groups excluding carboxylic acids is 1. The van der Waals surface area contributed by atoms with E-state index in [1.807, 2.05) is 14.1 Å². The summed E-state index contributed by atoms with van der Waals surface area (Å²) in [5.74, 6) is 0.783. The summed E-state index contributed by atoms with van der Waals surface area (Å²) in [7, 11) is 3.71. The van der Waals surface area contributed by atoms with Crippen LogP contribution in [0.25, 0.3) is 0 Å². The summed E-state index contributed by atoms with van der Waals surface area (Å²) in [5.41, 5.74) is 0. The van der Waals surface area contributed by atoms with E-state index in [1.165, 1.54) is 44.9 Å². The lowest BCUT2D eigenvalue weighted by atomic mass is 9.94. The molecule has 0 aromatic carbocycles. The monoisotopic (exact) mass is 268 g/mol. The molecule has 0 spiro atoms. The largest absolute Gasteiger partial charge is 0.347 e. The minimum absolute atomic E-state index is 0.000531. The fourth-order valence-corrected chi connectivity index (χ4v) is 2.93. The molecule has 0 radical (unpaired) electrons. The molecular weight excluding hydrogens is 236 g/mol. The van der Waals surface area contributed by atoms with E-state index in [9.17, 15) is 4.79 Å². The molecule has 0 aliphatic heterocycles. The molecular formula is C16H32N2O. The van der Waals surface area contributed by atoms with Crippen molar-refractivity contribution in [3.8, 4) is 0 Å². The molecule has 1 aliphatic carbocycles. The smallest absolute Gasteiger partial charge is 0.239 e. The minimum atomic E-state index is -0.000531. The van der Waals surface area contributed by atoms with Gasteiger partial charge in [-0.25, -0.2) is 0 Å². The van der Waals surface area contributed by atoms with Gasteiger partial charge in [0.2, 0.25) is 5.91 Å². The zero-order valence-electron chi connectivity index (χ0n) is 13.2. The first kappa shape index (κ1) is 16.5. The van der Waals surface area contributed by atoms with Gasteiger partial charge in [-0.15, -0.1) is 0 Å². The molecule has 1 rings (SSSR count). The van der Waals surface area contributed by atoms with Crippen molar-refractivity contribution in [3.63, 3.8) is 0 Å². The van der Waals surface area contributed by atoms with Gasteiger partial charge in [0, 0.05) is 20.1 Å². The molecule has 0 aromatic rings. The molecule has 1 fully saturated rings. The first-order valence-electron chi connectivity index (χ1n) is 7.98. The topological polar surface area (TPSA) is 32.3 Å². The highest BCUT2D eigenvalue weighted by Gasteiger charge is 2.24. The molecule has 1 aliphatic rings. The van der Waals surface area contributed by atoms with Gasteiger partial charge >= 0.3 is 0 Å². The Morgan fingerprint density at radius 1 is 1.11 bits per heavy atom. The Morgan fingerprint density at radius 3 is 2.11 bits per heavy atom. The molecule has 0 heterocycles. The molecule has 1 saturated carbocycles. The Hall–Kier alpha value is -0.570. The van der Waals surface area contributed by atoms with Gasteiger partial charge in [-0.2, -0.15) is 0 Å². The summed E-state index contributed by atoms with van der Waals surface area (Å²) in [5, 5.41) is 3.64. The maximum absolute atomic E-state index is 12.3. The van der Waals surface area contributed by atoms with E-state index in [0.29, 0.717) is 12.0 Å². The molecule has 0 saturated heterocycles. The van der Waals surface area contributed by atoms with Crippen molar-refractivity contribution in [3.05, 3.63) is 0 Å². The average Bonchev–Trinajstić information content (AvgIpc) is 2.29. The van der Waals surface area contributed by atoms with Crippen molar-refractivity contribution in [1.29, 1.82) is 0 Å². The number of nitrogens with one attached hydrogen (secondary N) is 1. The van der Waals surface area contributed by atoms with Crippen molar-refractivity contribution in [1.82, 2.24) is 10.2 Å². The fourth-order valence-electron chi connectivity index (χ4n) is 2.93. The van der Waals surface area contributed by atoms with Crippen LogP contribution in [0.3, 0.4) is 0 Å². The summed E-state index contributed by atoms with van der Waals surface area (Å²) < 4.78 is 0. The van der Waals surface area contributed by atoms with Crippen molar-refractivity contribution < 1.29 is 4.79 Å². The number of hydrogen-bond donors (Lipinski definition) is 1. The number of rotatable bonds is 5. The first-order chi connectivity index (χ1) is 9.00. The van der Waals surface area contributed by atoms with Crippen LogP contribution >= 0.6 is 0 Å². The lowest BCUT2D eigenvalue weighted by molar-refractivity contribution is -0.131. The van der Waals surface area contributed by atoms with E-state index in [4.69, 9.17) is 0 Å². The van der Waals surface area contributed by atoms with E-state index in [0.717, 1.165) is 6.42 Å². The molecule has 1 unspecified atom stereocenters. The molecule has 1 atom stereocenters. The highest BCUT2D eigenvalue weighted by atomic mass is 16.2. The highest BCUT2D eigenvalue weighted by Crippen LogP contribution is 2.19. The van der Waals surface area contributed by atoms with Crippen molar-refractivity contribution in [2.45, 2.75) is 77.3 Å². The Labute approximate surface area is 119 Å². The predicted octanol–water partition coefficient (Wildman–Crippen LogP) is 3.19. The maximum atomic E-state index is 12.3. The summed E-state index contributed by atoms with van der Waals surface area (Å²) in [4.78, 5) is 14.0. The molecule has 1 N–H and O–H groups in total. The molecule has 112 valence electrons. The molecule has 3 heteroatoms. The Bertz CT molecular complexity index is 255. The second-order valence-corrected chi connectivity index (χ2v) is 6.62. The third-order valence-electron chi connectivity index (χ3n) is 3.99. The third-order valence-corrected chi connectivity index (χ3v) is 3.99. The normalized spacial score (nSPS) is 19.8. The summed E-state index contributed by atoms with van der Waals surface area (Å²) >= 11 is 0. The molecule has 0 aromatic heterocycles. The van der Waals surface area contributed by atoms with Crippen LogP contribution in [0.1, 0.15) is 65.2 Å². The lowest BCUT2D eigenvalue weighted by Crippen LogP contribution is -2.48. The van der Waals surface area contributed by atoms with Crippen LogP contribution < -0.4 is 5.32 Å². The average molecular weight is 268 g/mol. The van der Waals surface area contributed by atoms with E-state index >= 15 is 0 Å². The second-order valence-electron chi connectivity index (χ2n) is 6.62. The van der Waals surface area contributed by atoms with Crippen molar-refractivity contribution in [2.24, 2.45) is 5.92 Å². The fraction of sp³-hybridized carbons (Fsp3) is 0.938. The van der Waals surface area contributed by atoms with Gasteiger partial charge in [0.05, 0.1) is 6.04 Å². The van der Waals surface area contributed by atoms with Gasteiger partial charge in [-0.3, -0.25) is 4.79 Å². The van der Waals surface area contributed by atoms with Gasteiger partial charge in [-0.05, 0) is 25.2 Å². The predicted molar refractivity (Wildman–Crippen MR) is 81.2 cm³/mol. The molecule has 19 heavy (non-hydrogen) atoms. The Morgan fingerprint density at radius 2 is 1.63 bits per heavy atom. The van der Waals surface area contributed by atoms with Crippen LogP contribution in [-0.4, -0.2) is 37.0 Å². The lowest BCUT2D eigenvalue weighted by Gasteiger charge is -2.29. The molecule has 0 bridgehead atoms. The van der Waals surface area contributed by atoms with Gasteiger partial charge in [-0.1, -0.05) is 46.0 Å².